The zero-order valence-electron chi connectivity index (χ0n) is 16.2. The number of para-hydroxylation sites is 1. The van der Waals surface area contributed by atoms with Gasteiger partial charge < -0.3 is 10.1 Å². The van der Waals surface area contributed by atoms with E-state index in [1.807, 2.05) is 13.0 Å². The molecule has 3 aromatic carbocycles. The minimum Gasteiger partial charge on any atom is -0.488 e. The van der Waals surface area contributed by atoms with Crippen LogP contribution in [0.1, 0.15) is 16.7 Å². The van der Waals surface area contributed by atoms with Crippen LogP contribution in [0.3, 0.4) is 0 Å². The van der Waals surface area contributed by atoms with E-state index in [2.05, 4.69) is 5.32 Å². The fourth-order valence-electron chi connectivity index (χ4n) is 2.65. The molecule has 150 valence electrons. The molecule has 6 heteroatoms. The molecule has 0 spiro atoms. The summed E-state index contributed by atoms with van der Waals surface area (Å²) in [7, 11) is 0. The van der Waals surface area contributed by atoms with E-state index in [0.29, 0.717) is 22.0 Å². The highest BCUT2D eigenvalue weighted by molar-refractivity contribution is 6.31. The average Bonchev–Trinajstić information content (AvgIpc) is 2.75. The van der Waals surface area contributed by atoms with Crippen molar-refractivity contribution in [1.29, 1.82) is 5.26 Å². The lowest BCUT2D eigenvalue weighted by molar-refractivity contribution is -0.112. The Morgan fingerprint density at radius 1 is 1.17 bits per heavy atom. The molecule has 4 nitrogen and oxygen atoms in total. The molecule has 0 aliphatic heterocycles. The number of hydrogen-bond acceptors (Lipinski definition) is 3. The summed E-state index contributed by atoms with van der Waals surface area (Å²) in [6.45, 7) is 2.08. The van der Waals surface area contributed by atoms with E-state index in [1.54, 1.807) is 54.6 Å². The van der Waals surface area contributed by atoms with E-state index in [4.69, 9.17) is 16.3 Å². The number of carbonyl (C=O) groups excluding carboxylic acids is 1. The lowest BCUT2D eigenvalue weighted by Crippen LogP contribution is -2.13. The molecule has 1 N–H and O–H groups in total. The number of nitriles is 1. The lowest BCUT2D eigenvalue weighted by atomic mass is 10.1. The molecule has 0 heterocycles. The van der Waals surface area contributed by atoms with E-state index in [1.165, 1.54) is 18.2 Å². The molecule has 0 saturated carbocycles. The number of hydrogen-bond donors (Lipinski definition) is 1. The summed E-state index contributed by atoms with van der Waals surface area (Å²) in [6, 6.07) is 20.1. The maximum Gasteiger partial charge on any atom is 0.266 e. The third-order valence-corrected chi connectivity index (χ3v) is 4.73. The molecule has 0 bridgehead atoms. The number of amides is 1. The molecule has 0 aliphatic rings. The minimum atomic E-state index is -0.550. The van der Waals surface area contributed by atoms with Crippen molar-refractivity contribution >= 4 is 29.3 Å². The average molecular weight is 421 g/mol. The first-order valence-electron chi connectivity index (χ1n) is 9.12. The van der Waals surface area contributed by atoms with Crippen LogP contribution >= 0.6 is 11.6 Å². The quantitative estimate of drug-likeness (QED) is 0.398. The van der Waals surface area contributed by atoms with Crippen LogP contribution in [0, 0.1) is 24.1 Å². The smallest absolute Gasteiger partial charge is 0.266 e. The number of carbonyl (C=O) groups is 1. The topological polar surface area (TPSA) is 62.1 Å². The standard InChI is InChI=1S/C24H18ClFN2O2/c1-16-6-11-21(13-22(16)25)28-24(29)19(14-27)12-18-4-2-3-5-23(18)30-15-17-7-9-20(26)10-8-17/h2-13H,15H2,1H3,(H,28,29)/b19-12-. The predicted octanol–water partition coefficient (Wildman–Crippen LogP) is 5.91. The van der Waals surface area contributed by atoms with Gasteiger partial charge in [-0.25, -0.2) is 4.39 Å². The summed E-state index contributed by atoms with van der Waals surface area (Å²) in [4.78, 5) is 12.5. The van der Waals surface area contributed by atoms with Crippen molar-refractivity contribution in [3.63, 3.8) is 0 Å². The second kappa shape index (κ2) is 9.73. The summed E-state index contributed by atoms with van der Waals surface area (Å²) in [6.07, 6.45) is 1.46. The Kier molecular flexibility index (Phi) is 6.84. The van der Waals surface area contributed by atoms with E-state index in [-0.39, 0.29) is 18.0 Å². The van der Waals surface area contributed by atoms with Crippen LogP contribution in [0.15, 0.2) is 72.3 Å². The van der Waals surface area contributed by atoms with Crippen molar-refractivity contribution in [3.05, 3.63) is 99.8 Å². The molecule has 0 atom stereocenters. The SMILES string of the molecule is Cc1ccc(NC(=O)/C(C#N)=C\c2ccccc2OCc2ccc(F)cc2)cc1Cl. The molecule has 0 aliphatic carbocycles. The van der Waals surface area contributed by atoms with Gasteiger partial charge in [-0.15, -0.1) is 0 Å². The first-order chi connectivity index (χ1) is 14.5. The van der Waals surface area contributed by atoms with E-state index in [9.17, 15) is 14.4 Å². The van der Waals surface area contributed by atoms with Crippen LogP contribution in [0.25, 0.3) is 6.08 Å². The molecule has 0 unspecified atom stereocenters. The van der Waals surface area contributed by atoms with Crippen LogP contribution in [0.5, 0.6) is 5.75 Å². The van der Waals surface area contributed by atoms with E-state index in [0.717, 1.165) is 11.1 Å². The minimum absolute atomic E-state index is 0.0791. The van der Waals surface area contributed by atoms with Crippen molar-refractivity contribution in [2.45, 2.75) is 13.5 Å². The van der Waals surface area contributed by atoms with Gasteiger partial charge >= 0.3 is 0 Å². The highest BCUT2D eigenvalue weighted by Gasteiger charge is 2.12. The molecule has 3 rings (SSSR count). The Balaban J connectivity index is 1.78. The van der Waals surface area contributed by atoms with Crippen LogP contribution in [-0.4, -0.2) is 5.91 Å². The van der Waals surface area contributed by atoms with Crippen LogP contribution in [0.4, 0.5) is 10.1 Å². The predicted molar refractivity (Wildman–Crippen MR) is 116 cm³/mol. The largest absolute Gasteiger partial charge is 0.488 e. The summed E-state index contributed by atoms with van der Waals surface area (Å²) in [5.41, 5.74) is 2.68. The Morgan fingerprint density at radius 2 is 1.90 bits per heavy atom. The van der Waals surface area contributed by atoms with Crippen LogP contribution < -0.4 is 10.1 Å². The Labute approximate surface area is 179 Å². The van der Waals surface area contributed by atoms with Crippen molar-refractivity contribution in [3.8, 4) is 11.8 Å². The first-order valence-corrected chi connectivity index (χ1v) is 9.49. The number of halogens is 2. The fourth-order valence-corrected chi connectivity index (χ4v) is 2.83. The third-order valence-electron chi connectivity index (χ3n) is 4.32. The van der Waals surface area contributed by atoms with Crippen molar-refractivity contribution in [2.24, 2.45) is 0 Å². The zero-order chi connectivity index (χ0) is 21.5. The van der Waals surface area contributed by atoms with Crippen molar-refractivity contribution in [2.75, 3.05) is 5.32 Å². The first kappa shape index (κ1) is 21.1. The molecule has 3 aromatic rings. The normalized spacial score (nSPS) is 10.9. The maximum atomic E-state index is 13.0. The van der Waals surface area contributed by atoms with Gasteiger partial charge in [0, 0.05) is 16.3 Å². The summed E-state index contributed by atoms with van der Waals surface area (Å²) in [5, 5.41) is 12.7. The zero-order valence-corrected chi connectivity index (χ0v) is 16.9. The second-order valence-electron chi connectivity index (χ2n) is 6.54. The molecule has 1 amide bonds. The third kappa shape index (κ3) is 5.47. The monoisotopic (exact) mass is 420 g/mol. The van der Waals surface area contributed by atoms with Gasteiger partial charge in [0.15, 0.2) is 0 Å². The molecule has 0 saturated heterocycles. The van der Waals surface area contributed by atoms with Crippen LogP contribution in [0.2, 0.25) is 5.02 Å². The highest BCUT2D eigenvalue weighted by atomic mass is 35.5. The highest BCUT2D eigenvalue weighted by Crippen LogP contribution is 2.24. The van der Waals surface area contributed by atoms with Gasteiger partial charge in [-0.2, -0.15) is 5.26 Å². The van der Waals surface area contributed by atoms with Gasteiger partial charge in [-0.3, -0.25) is 4.79 Å². The van der Waals surface area contributed by atoms with Crippen LogP contribution in [-0.2, 0) is 11.4 Å². The Bertz CT molecular complexity index is 1130. The van der Waals surface area contributed by atoms with Gasteiger partial charge in [0.2, 0.25) is 0 Å². The number of anilines is 1. The van der Waals surface area contributed by atoms with Gasteiger partial charge in [0.25, 0.3) is 5.91 Å². The van der Waals surface area contributed by atoms with E-state index < -0.39 is 5.91 Å². The molecule has 0 aromatic heterocycles. The summed E-state index contributed by atoms with van der Waals surface area (Å²) < 4.78 is 18.9. The van der Waals surface area contributed by atoms with E-state index >= 15 is 0 Å². The molecule has 0 fully saturated rings. The number of nitrogens with one attached hydrogen (secondary N) is 1. The van der Waals surface area contributed by atoms with Gasteiger partial charge in [-0.1, -0.05) is 48.0 Å². The molecular formula is C24H18ClFN2O2. The van der Waals surface area contributed by atoms with Gasteiger partial charge in [0.05, 0.1) is 0 Å². The number of benzene rings is 3. The lowest BCUT2D eigenvalue weighted by Gasteiger charge is -2.10. The summed E-state index contributed by atoms with van der Waals surface area (Å²) in [5.74, 6) is -0.367. The summed E-state index contributed by atoms with van der Waals surface area (Å²) >= 11 is 6.09. The fraction of sp³-hybridized carbons (Fsp3) is 0.0833. The van der Waals surface area contributed by atoms with Gasteiger partial charge in [0.1, 0.15) is 29.8 Å². The van der Waals surface area contributed by atoms with Gasteiger partial charge in [-0.05, 0) is 54.5 Å². The number of aryl methyl sites for hydroxylation is 1. The maximum absolute atomic E-state index is 13.0. The Morgan fingerprint density at radius 3 is 2.60 bits per heavy atom. The molecular weight excluding hydrogens is 403 g/mol. The number of ether oxygens (including phenoxy) is 1. The number of rotatable bonds is 6. The van der Waals surface area contributed by atoms with Crippen molar-refractivity contribution in [1.82, 2.24) is 0 Å². The molecule has 30 heavy (non-hydrogen) atoms. The number of nitrogens with zero attached hydrogens (tertiary/aromatic N) is 1. The van der Waals surface area contributed by atoms with Crippen molar-refractivity contribution < 1.29 is 13.9 Å². The molecule has 0 radical (unpaired) electrons. The Hall–Kier alpha value is -3.62. The second-order valence-corrected chi connectivity index (χ2v) is 6.95.